The number of Topliss-reactive ketones (excluding diaryl/α,β-unsaturated/α-hetero) is 1. The standard InChI is InChI=1S/C14H19N3O3/c1-3-20-14(19)17-9-7-16(8-10-17)13-12(11(2)18)5-4-6-15-13/h4-6H,3,7-10H2,1-2H3. The number of anilines is 1. The highest BCUT2D eigenvalue weighted by Gasteiger charge is 2.24. The zero-order valence-corrected chi connectivity index (χ0v) is 11.8. The quantitative estimate of drug-likeness (QED) is 0.785. The summed E-state index contributed by atoms with van der Waals surface area (Å²) >= 11 is 0. The lowest BCUT2D eigenvalue weighted by Gasteiger charge is -2.35. The van der Waals surface area contributed by atoms with Gasteiger partial charge in [0, 0.05) is 32.4 Å². The van der Waals surface area contributed by atoms with Crippen molar-refractivity contribution in [3.05, 3.63) is 23.9 Å². The number of nitrogens with zero attached hydrogens (tertiary/aromatic N) is 3. The molecule has 0 spiro atoms. The Balaban J connectivity index is 2.04. The van der Waals surface area contributed by atoms with Gasteiger partial charge in [0.1, 0.15) is 5.82 Å². The van der Waals surface area contributed by atoms with Crippen LogP contribution in [-0.4, -0.2) is 54.5 Å². The third-order valence-corrected chi connectivity index (χ3v) is 3.27. The van der Waals surface area contributed by atoms with E-state index in [0.29, 0.717) is 44.2 Å². The summed E-state index contributed by atoms with van der Waals surface area (Å²) in [7, 11) is 0. The normalized spacial score (nSPS) is 15.1. The molecule has 0 radical (unpaired) electrons. The number of piperazine rings is 1. The Morgan fingerprint density at radius 2 is 2.00 bits per heavy atom. The highest BCUT2D eigenvalue weighted by molar-refractivity contribution is 5.98. The number of hydrogen-bond donors (Lipinski definition) is 0. The number of hydrogen-bond acceptors (Lipinski definition) is 5. The zero-order chi connectivity index (χ0) is 14.5. The number of carbonyl (C=O) groups excluding carboxylic acids is 2. The fraction of sp³-hybridized carbons (Fsp3) is 0.500. The molecule has 1 saturated heterocycles. The van der Waals surface area contributed by atoms with E-state index in [1.165, 1.54) is 6.92 Å². The maximum Gasteiger partial charge on any atom is 0.409 e. The third-order valence-electron chi connectivity index (χ3n) is 3.27. The van der Waals surface area contributed by atoms with Gasteiger partial charge in [-0.3, -0.25) is 4.79 Å². The van der Waals surface area contributed by atoms with Crippen molar-refractivity contribution in [2.75, 3.05) is 37.7 Å². The van der Waals surface area contributed by atoms with Crippen LogP contribution < -0.4 is 4.90 Å². The number of pyridine rings is 1. The van der Waals surface area contributed by atoms with Crippen molar-refractivity contribution >= 4 is 17.7 Å². The number of carbonyl (C=O) groups is 2. The van der Waals surface area contributed by atoms with E-state index in [0.717, 1.165) is 0 Å². The van der Waals surface area contributed by atoms with Gasteiger partial charge in [-0.25, -0.2) is 9.78 Å². The highest BCUT2D eigenvalue weighted by atomic mass is 16.6. The van der Waals surface area contributed by atoms with E-state index in [9.17, 15) is 9.59 Å². The molecule has 1 aliphatic heterocycles. The Hall–Kier alpha value is -2.11. The molecule has 2 rings (SSSR count). The lowest BCUT2D eigenvalue weighted by atomic mass is 10.1. The summed E-state index contributed by atoms with van der Waals surface area (Å²) in [6, 6.07) is 3.54. The van der Waals surface area contributed by atoms with E-state index in [4.69, 9.17) is 4.74 Å². The SMILES string of the molecule is CCOC(=O)N1CCN(c2ncccc2C(C)=O)CC1. The molecule has 2 heterocycles. The summed E-state index contributed by atoms with van der Waals surface area (Å²) < 4.78 is 4.98. The van der Waals surface area contributed by atoms with Crippen LogP contribution in [0.3, 0.4) is 0 Å². The molecule has 20 heavy (non-hydrogen) atoms. The first-order valence-corrected chi connectivity index (χ1v) is 6.76. The summed E-state index contributed by atoms with van der Waals surface area (Å²) in [5.74, 6) is 0.699. The second-order valence-electron chi connectivity index (χ2n) is 4.60. The molecule has 0 unspecified atom stereocenters. The topological polar surface area (TPSA) is 62.7 Å². The van der Waals surface area contributed by atoms with Crippen LogP contribution in [0, 0.1) is 0 Å². The Bertz CT molecular complexity index is 496. The molecule has 1 aliphatic rings. The second kappa shape index (κ2) is 6.36. The Morgan fingerprint density at radius 1 is 1.30 bits per heavy atom. The molecule has 0 bridgehead atoms. The fourth-order valence-corrected chi connectivity index (χ4v) is 2.24. The zero-order valence-electron chi connectivity index (χ0n) is 11.8. The van der Waals surface area contributed by atoms with Gasteiger partial charge in [-0.1, -0.05) is 0 Å². The summed E-state index contributed by atoms with van der Waals surface area (Å²) in [6.45, 7) is 6.16. The van der Waals surface area contributed by atoms with Gasteiger partial charge in [0.05, 0.1) is 12.2 Å². The van der Waals surface area contributed by atoms with Gasteiger partial charge >= 0.3 is 6.09 Å². The minimum atomic E-state index is -0.278. The maximum absolute atomic E-state index is 11.6. The first kappa shape index (κ1) is 14.3. The van der Waals surface area contributed by atoms with Crippen LogP contribution in [0.2, 0.25) is 0 Å². The van der Waals surface area contributed by atoms with Crippen LogP contribution in [0.1, 0.15) is 24.2 Å². The first-order valence-electron chi connectivity index (χ1n) is 6.76. The molecule has 0 N–H and O–H groups in total. The molecular weight excluding hydrogens is 258 g/mol. The fourth-order valence-electron chi connectivity index (χ4n) is 2.24. The minimum Gasteiger partial charge on any atom is -0.450 e. The monoisotopic (exact) mass is 277 g/mol. The third kappa shape index (κ3) is 3.07. The van der Waals surface area contributed by atoms with E-state index in [1.807, 2.05) is 4.90 Å². The molecule has 1 amide bonds. The van der Waals surface area contributed by atoms with Gasteiger partial charge < -0.3 is 14.5 Å². The molecular formula is C14H19N3O3. The van der Waals surface area contributed by atoms with Gasteiger partial charge in [0.2, 0.25) is 0 Å². The van der Waals surface area contributed by atoms with Gasteiger partial charge in [-0.2, -0.15) is 0 Å². The highest BCUT2D eigenvalue weighted by Crippen LogP contribution is 2.19. The van der Waals surface area contributed by atoms with Gasteiger partial charge in [0.25, 0.3) is 0 Å². The summed E-state index contributed by atoms with van der Waals surface area (Å²) in [6.07, 6.45) is 1.40. The van der Waals surface area contributed by atoms with Crippen LogP contribution >= 0.6 is 0 Å². The van der Waals surface area contributed by atoms with Crippen molar-refractivity contribution < 1.29 is 14.3 Å². The molecule has 108 valence electrons. The predicted octanol–water partition coefficient (Wildman–Crippen LogP) is 1.56. The molecule has 0 saturated carbocycles. The number of ketones is 1. The Morgan fingerprint density at radius 3 is 2.60 bits per heavy atom. The van der Waals surface area contributed by atoms with Crippen molar-refractivity contribution in [3.63, 3.8) is 0 Å². The number of ether oxygens (including phenoxy) is 1. The van der Waals surface area contributed by atoms with Crippen LogP contribution in [-0.2, 0) is 4.74 Å². The average molecular weight is 277 g/mol. The van der Waals surface area contributed by atoms with Crippen LogP contribution in [0.15, 0.2) is 18.3 Å². The van der Waals surface area contributed by atoms with Crippen molar-refractivity contribution in [1.82, 2.24) is 9.88 Å². The van der Waals surface area contributed by atoms with Crippen LogP contribution in [0.25, 0.3) is 0 Å². The molecule has 0 aliphatic carbocycles. The molecule has 1 aromatic rings. The summed E-state index contributed by atoms with van der Waals surface area (Å²) in [5, 5.41) is 0. The summed E-state index contributed by atoms with van der Waals surface area (Å²) in [5.41, 5.74) is 0.622. The van der Waals surface area contributed by atoms with Crippen molar-refractivity contribution in [1.29, 1.82) is 0 Å². The maximum atomic E-state index is 11.6. The van der Waals surface area contributed by atoms with E-state index in [1.54, 1.807) is 30.2 Å². The Labute approximate surface area is 118 Å². The van der Waals surface area contributed by atoms with Gasteiger partial charge in [0.15, 0.2) is 5.78 Å². The second-order valence-corrected chi connectivity index (χ2v) is 4.60. The molecule has 0 atom stereocenters. The number of amides is 1. The number of aromatic nitrogens is 1. The lowest BCUT2D eigenvalue weighted by molar-refractivity contribution is 0.101. The Kier molecular flexibility index (Phi) is 4.55. The molecule has 0 aromatic carbocycles. The van der Waals surface area contributed by atoms with E-state index in [-0.39, 0.29) is 11.9 Å². The van der Waals surface area contributed by atoms with E-state index < -0.39 is 0 Å². The molecule has 1 fully saturated rings. The van der Waals surface area contributed by atoms with Crippen molar-refractivity contribution in [2.24, 2.45) is 0 Å². The summed E-state index contributed by atoms with van der Waals surface area (Å²) in [4.78, 5) is 31.3. The average Bonchev–Trinajstić information content (AvgIpc) is 2.47. The first-order chi connectivity index (χ1) is 9.63. The van der Waals surface area contributed by atoms with Crippen molar-refractivity contribution in [2.45, 2.75) is 13.8 Å². The number of rotatable bonds is 3. The molecule has 6 heteroatoms. The van der Waals surface area contributed by atoms with Crippen molar-refractivity contribution in [3.8, 4) is 0 Å². The minimum absolute atomic E-state index is 0.000854. The van der Waals surface area contributed by atoms with E-state index in [2.05, 4.69) is 4.98 Å². The van der Waals surface area contributed by atoms with Crippen LogP contribution in [0.5, 0.6) is 0 Å². The van der Waals surface area contributed by atoms with E-state index >= 15 is 0 Å². The predicted molar refractivity (Wildman–Crippen MR) is 75.0 cm³/mol. The molecule has 1 aromatic heterocycles. The van der Waals surface area contributed by atoms with Gasteiger partial charge in [-0.05, 0) is 26.0 Å². The smallest absolute Gasteiger partial charge is 0.409 e. The lowest BCUT2D eigenvalue weighted by Crippen LogP contribution is -2.49. The molecule has 6 nitrogen and oxygen atoms in total. The van der Waals surface area contributed by atoms with Gasteiger partial charge in [-0.15, -0.1) is 0 Å². The van der Waals surface area contributed by atoms with Crippen LogP contribution in [0.4, 0.5) is 10.6 Å². The largest absolute Gasteiger partial charge is 0.450 e.